The highest BCUT2D eigenvalue weighted by atomic mass is 16.6. The minimum Gasteiger partial charge on any atom is -0.480 e. The molecule has 4 N–H and O–H groups in total. The minimum atomic E-state index is -1.22. The van der Waals surface area contributed by atoms with Gasteiger partial charge in [-0.05, 0) is 54.2 Å². The fraction of sp³-hybridized carbons (Fsp3) is 0.300. The highest BCUT2D eigenvalue weighted by Crippen LogP contribution is 2.44. The molecular weight excluding hydrogens is 484 g/mol. The Bertz CT molecular complexity index is 1300. The Morgan fingerprint density at radius 1 is 0.947 bits per heavy atom. The van der Waals surface area contributed by atoms with Crippen molar-refractivity contribution in [1.82, 2.24) is 5.32 Å². The number of nitrogens with one attached hydrogen (secondary N) is 1. The molecule has 0 spiro atoms. The SMILES string of the molecule is CC(C)(C)OC(=O)N[C@H](Cc1cccc(C(N)C(=O)OCC2c3ccccc3-c3ccccc32)c1)C(=O)O. The zero-order valence-corrected chi connectivity index (χ0v) is 21.6. The van der Waals surface area contributed by atoms with Crippen LogP contribution in [-0.4, -0.2) is 41.4 Å². The van der Waals surface area contributed by atoms with Gasteiger partial charge in [0.1, 0.15) is 24.3 Å². The molecule has 0 saturated heterocycles. The van der Waals surface area contributed by atoms with Gasteiger partial charge in [-0.2, -0.15) is 0 Å². The number of ether oxygens (including phenoxy) is 2. The molecule has 0 aromatic heterocycles. The molecule has 0 saturated carbocycles. The summed E-state index contributed by atoms with van der Waals surface area (Å²) in [6.45, 7) is 5.23. The summed E-state index contributed by atoms with van der Waals surface area (Å²) in [6, 6.07) is 20.6. The summed E-state index contributed by atoms with van der Waals surface area (Å²) in [5.41, 5.74) is 11.0. The third kappa shape index (κ3) is 6.20. The molecule has 1 amide bonds. The lowest BCUT2D eigenvalue weighted by atomic mass is 9.98. The number of hydrogen-bond acceptors (Lipinski definition) is 6. The van der Waals surface area contributed by atoms with E-state index in [1.54, 1.807) is 45.0 Å². The van der Waals surface area contributed by atoms with Gasteiger partial charge >= 0.3 is 18.0 Å². The number of carboxylic acid groups (broad SMARTS) is 1. The monoisotopic (exact) mass is 516 g/mol. The van der Waals surface area contributed by atoms with Crippen molar-refractivity contribution >= 4 is 18.0 Å². The minimum absolute atomic E-state index is 0.0141. The maximum Gasteiger partial charge on any atom is 0.408 e. The summed E-state index contributed by atoms with van der Waals surface area (Å²) in [6.07, 6.45) is -0.837. The van der Waals surface area contributed by atoms with Crippen molar-refractivity contribution < 1.29 is 29.0 Å². The van der Waals surface area contributed by atoms with Gasteiger partial charge in [-0.15, -0.1) is 0 Å². The third-order valence-corrected chi connectivity index (χ3v) is 6.35. The molecule has 1 unspecified atom stereocenters. The van der Waals surface area contributed by atoms with Crippen molar-refractivity contribution in [1.29, 1.82) is 0 Å². The van der Waals surface area contributed by atoms with Gasteiger partial charge < -0.3 is 25.6 Å². The predicted octanol–water partition coefficient (Wildman–Crippen LogP) is 4.56. The molecule has 198 valence electrons. The van der Waals surface area contributed by atoms with E-state index in [4.69, 9.17) is 15.2 Å². The Morgan fingerprint density at radius 2 is 1.55 bits per heavy atom. The van der Waals surface area contributed by atoms with E-state index in [-0.39, 0.29) is 18.9 Å². The number of alkyl carbamates (subject to hydrolysis) is 1. The quantitative estimate of drug-likeness (QED) is 0.374. The van der Waals surface area contributed by atoms with E-state index in [0.717, 1.165) is 22.3 Å². The zero-order chi connectivity index (χ0) is 27.4. The fourth-order valence-corrected chi connectivity index (χ4v) is 4.63. The Balaban J connectivity index is 1.42. The highest BCUT2D eigenvalue weighted by molar-refractivity contribution is 5.81. The van der Waals surface area contributed by atoms with Crippen molar-refractivity contribution in [2.75, 3.05) is 6.61 Å². The third-order valence-electron chi connectivity index (χ3n) is 6.35. The van der Waals surface area contributed by atoms with Gasteiger partial charge in [0.15, 0.2) is 0 Å². The molecule has 0 heterocycles. The molecule has 2 atom stereocenters. The average molecular weight is 517 g/mol. The molecule has 0 bridgehead atoms. The number of nitrogens with two attached hydrogens (primary N) is 1. The number of amides is 1. The number of carbonyl (C=O) groups is 3. The van der Waals surface area contributed by atoms with Crippen LogP contribution in [0.15, 0.2) is 72.8 Å². The van der Waals surface area contributed by atoms with Gasteiger partial charge in [-0.3, -0.25) is 0 Å². The second-order valence-electron chi connectivity index (χ2n) is 10.3. The largest absolute Gasteiger partial charge is 0.480 e. The maximum absolute atomic E-state index is 12.9. The van der Waals surface area contributed by atoms with E-state index in [1.165, 1.54) is 0 Å². The molecule has 8 heteroatoms. The van der Waals surface area contributed by atoms with Crippen LogP contribution in [0.5, 0.6) is 0 Å². The summed E-state index contributed by atoms with van der Waals surface area (Å²) >= 11 is 0. The van der Waals surface area contributed by atoms with Crippen LogP contribution in [0.2, 0.25) is 0 Å². The van der Waals surface area contributed by atoms with E-state index in [2.05, 4.69) is 17.4 Å². The van der Waals surface area contributed by atoms with Gasteiger partial charge in [-0.1, -0.05) is 72.8 Å². The fourth-order valence-electron chi connectivity index (χ4n) is 4.63. The normalized spacial score (nSPS) is 14.1. The number of fused-ring (bicyclic) bond motifs is 3. The van der Waals surface area contributed by atoms with Gasteiger partial charge in [0, 0.05) is 12.3 Å². The number of aliphatic carboxylic acids is 1. The second-order valence-corrected chi connectivity index (χ2v) is 10.3. The summed E-state index contributed by atoms with van der Waals surface area (Å²) in [5.74, 6) is -1.87. The smallest absolute Gasteiger partial charge is 0.408 e. The first-order chi connectivity index (χ1) is 18.0. The van der Waals surface area contributed by atoms with Crippen molar-refractivity contribution in [2.45, 2.75) is 50.8 Å². The van der Waals surface area contributed by atoms with Crippen LogP contribution in [0, 0.1) is 0 Å². The van der Waals surface area contributed by atoms with Crippen LogP contribution < -0.4 is 11.1 Å². The molecule has 1 aliphatic carbocycles. The number of esters is 1. The number of benzene rings is 3. The number of carboxylic acids is 1. The zero-order valence-electron chi connectivity index (χ0n) is 21.6. The van der Waals surface area contributed by atoms with E-state index in [9.17, 15) is 19.5 Å². The Labute approximate surface area is 221 Å². The predicted molar refractivity (Wildman–Crippen MR) is 143 cm³/mol. The van der Waals surface area contributed by atoms with Crippen molar-refractivity contribution in [3.63, 3.8) is 0 Å². The lowest BCUT2D eigenvalue weighted by Gasteiger charge is -2.22. The van der Waals surface area contributed by atoms with Gasteiger partial charge in [0.2, 0.25) is 0 Å². The van der Waals surface area contributed by atoms with Crippen LogP contribution in [0.1, 0.15) is 55.0 Å². The first kappa shape index (κ1) is 26.9. The number of rotatable bonds is 8. The molecule has 38 heavy (non-hydrogen) atoms. The number of hydrogen-bond donors (Lipinski definition) is 3. The van der Waals surface area contributed by atoms with Gasteiger partial charge in [0.25, 0.3) is 0 Å². The molecular formula is C30H32N2O6. The summed E-state index contributed by atoms with van der Waals surface area (Å²) in [7, 11) is 0. The highest BCUT2D eigenvalue weighted by Gasteiger charge is 2.30. The standard InChI is InChI=1S/C30H32N2O6/c1-30(2,3)38-29(36)32-25(27(33)34)16-18-9-8-10-19(15-18)26(31)28(35)37-17-24-22-13-6-4-11-20(22)21-12-5-7-14-23(21)24/h4-15,24-26H,16-17,31H2,1-3H3,(H,32,36)(H,33,34)/t25-,26?/m1/s1. The first-order valence-corrected chi connectivity index (χ1v) is 12.4. The summed E-state index contributed by atoms with van der Waals surface area (Å²) < 4.78 is 10.9. The number of carbonyl (C=O) groups excluding carboxylic acids is 2. The van der Waals surface area contributed by atoms with Crippen LogP contribution in [-0.2, 0) is 25.5 Å². The van der Waals surface area contributed by atoms with Crippen LogP contribution in [0.3, 0.4) is 0 Å². The molecule has 4 rings (SSSR count). The molecule has 0 aliphatic heterocycles. The van der Waals surface area contributed by atoms with E-state index in [1.807, 2.05) is 36.4 Å². The lowest BCUT2D eigenvalue weighted by molar-refractivity contribution is -0.145. The van der Waals surface area contributed by atoms with E-state index in [0.29, 0.717) is 11.1 Å². The van der Waals surface area contributed by atoms with Gasteiger partial charge in [0.05, 0.1) is 0 Å². The van der Waals surface area contributed by atoms with Crippen molar-refractivity contribution in [3.05, 3.63) is 95.1 Å². The molecule has 3 aromatic rings. The second kappa shape index (κ2) is 11.1. The topological polar surface area (TPSA) is 128 Å². The van der Waals surface area contributed by atoms with E-state index >= 15 is 0 Å². The summed E-state index contributed by atoms with van der Waals surface area (Å²) in [4.78, 5) is 36.8. The first-order valence-electron chi connectivity index (χ1n) is 12.4. The van der Waals surface area contributed by atoms with Crippen LogP contribution in [0.4, 0.5) is 4.79 Å². The van der Waals surface area contributed by atoms with Crippen LogP contribution >= 0.6 is 0 Å². The average Bonchev–Trinajstić information content (AvgIpc) is 3.19. The van der Waals surface area contributed by atoms with Gasteiger partial charge in [-0.25, -0.2) is 14.4 Å². The van der Waals surface area contributed by atoms with Crippen LogP contribution in [0.25, 0.3) is 11.1 Å². The van der Waals surface area contributed by atoms with Crippen molar-refractivity contribution in [3.8, 4) is 11.1 Å². The molecule has 8 nitrogen and oxygen atoms in total. The maximum atomic E-state index is 12.9. The van der Waals surface area contributed by atoms with E-state index < -0.39 is 35.7 Å². The van der Waals surface area contributed by atoms with Crippen molar-refractivity contribution in [2.24, 2.45) is 5.73 Å². The molecule has 3 aromatic carbocycles. The Morgan fingerprint density at radius 3 is 2.13 bits per heavy atom. The Kier molecular flexibility index (Phi) is 7.83. The Hall–Kier alpha value is -4.17. The summed E-state index contributed by atoms with van der Waals surface area (Å²) in [5, 5.41) is 12.0. The molecule has 1 aliphatic rings. The lowest BCUT2D eigenvalue weighted by Crippen LogP contribution is -2.44. The molecule has 0 fully saturated rings. The molecule has 0 radical (unpaired) electrons.